The van der Waals surface area contributed by atoms with Crippen molar-refractivity contribution in [3.63, 3.8) is 0 Å². The summed E-state index contributed by atoms with van der Waals surface area (Å²) in [7, 11) is 0. The van der Waals surface area contributed by atoms with Gasteiger partial charge in [0.25, 0.3) is 0 Å². The Hall–Kier alpha value is -2.37. The molecule has 1 aliphatic rings. The van der Waals surface area contributed by atoms with Crippen molar-refractivity contribution in [1.82, 2.24) is 10.2 Å². The van der Waals surface area contributed by atoms with Crippen LogP contribution >= 0.6 is 0 Å². The van der Waals surface area contributed by atoms with Gasteiger partial charge in [0.05, 0.1) is 12.5 Å². The summed E-state index contributed by atoms with van der Waals surface area (Å²) in [5.74, 6) is -0.818. The van der Waals surface area contributed by atoms with Crippen LogP contribution in [0, 0.1) is 12.8 Å². The molecule has 1 aliphatic heterocycles. The van der Waals surface area contributed by atoms with Gasteiger partial charge in [-0.2, -0.15) is 0 Å². The van der Waals surface area contributed by atoms with E-state index in [-0.39, 0.29) is 43.3 Å². The van der Waals surface area contributed by atoms with Crippen molar-refractivity contribution < 1.29 is 19.1 Å². The molecule has 0 aliphatic carbocycles. The number of nitrogens with one attached hydrogen (secondary N) is 1. The lowest BCUT2D eigenvalue weighted by molar-refractivity contribution is -0.148. The topological polar surface area (TPSA) is 75.7 Å². The van der Waals surface area contributed by atoms with E-state index >= 15 is 0 Å². The standard InChI is InChI=1S/C19H26N2O4/c1-3-21-13-16(12-18(21)23)19(24)25-11-10-20-17(22)9-8-15-6-4-14(2)5-7-15/h4-7,16H,3,8-13H2,1-2H3,(H,20,22). The minimum Gasteiger partial charge on any atom is -0.464 e. The fourth-order valence-electron chi connectivity index (χ4n) is 2.80. The highest BCUT2D eigenvalue weighted by atomic mass is 16.5. The van der Waals surface area contributed by atoms with E-state index in [4.69, 9.17) is 4.74 Å². The zero-order valence-corrected chi connectivity index (χ0v) is 14.9. The van der Waals surface area contributed by atoms with Crippen molar-refractivity contribution in [3.8, 4) is 0 Å². The first-order valence-electron chi connectivity index (χ1n) is 8.76. The second kappa shape index (κ2) is 9.20. The number of hydrogen-bond acceptors (Lipinski definition) is 4. The van der Waals surface area contributed by atoms with Crippen LogP contribution in [0.25, 0.3) is 0 Å². The van der Waals surface area contributed by atoms with Gasteiger partial charge in [-0.15, -0.1) is 0 Å². The summed E-state index contributed by atoms with van der Waals surface area (Å²) in [6.07, 6.45) is 1.30. The molecule has 0 aromatic heterocycles. The summed E-state index contributed by atoms with van der Waals surface area (Å²) in [4.78, 5) is 37.0. The van der Waals surface area contributed by atoms with Crippen molar-refractivity contribution in [2.45, 2.75) is 33.1 Å². The predicted octanol–water partition coefficient (Wildman–Crippen LogP) is 1.46. The predicted molar refractivity (Wildman–Crippen MR) is 93.8 cm³/mol. The molecule has 0 bridgehead atoms. The van der Waals surface area contributed by atoms with Gasteiger partial charge >= 0.3 is 5.97 Å². The smallest absolute Gasteiger partial charge is 0.311 e. The van der Waals surface area contributed by atoms with Gasteiger partial charge in [0.1, 0.15) is 6.61 Å². The van der Waals surface area contributed by atoms with Gasteiger partial charge in [-0.05, 0) is 25.8 Å². The van der Waals surface area contributed by atoms with E-state index in [1.807, 2.05) is 38.1 Å². The van der Waals surface area contributed by atoms with E-state index in [0.29, 0.717) is 25.9 Å². The number of benzene rings is 1. The normalized spacial score (nSPS) is 16.8. The molecule has 1 aromatic rings. The summed E-state index contributed by atoms with van der Waals surface area (Å²) >= 11 is 0. The summed E-state index contributed by atoms with van der Waals surface area (Å²) in [6, 6.07) is 8.10. The van der Waals surface area contributed by atoms with Gasteiger partial charge in [0, 0.05) is 25.9 Å². The van der Waals surface area contributed by atoms with E-state index in [1.54, 1.807) is 4.90 Å². The Morgan fingerprint density at radius 3 is 2.64 bits per heavy atom. The Bertz CT molecular complexity index is 612. The van der Waals surface area contributed by atoms with Gasteiger partial charge in [-0.3, -0.25) is 14.4 Å². The molecular weight excluding hydrogens is 320 g/mol. The van der Waals surface area contributed by atoms with Crippen molar-refractivity contribution in [2.75, 3.05) is 26.2 Å². The zero-order chi connectivity index (χ0) is 18.2. The molecule has 1 heterocycles. The first-order chi connectivity index (χ1) is 12.0. The van der Waals surface area contributed by atoms with Crippen LogP contribution in [0.2, 0.25) is 0 Å². The lowest BCUT2D eigenvalue weighted by atomic mass is 10.1. The van der Waals surface area contributed by atoms with Crippen molar-refractivity contribution >= 4 is 17.8 Å². The summed E-state index contributed by atoms with van der Waals surface area (Å²) in [5, 5.41) is 2.75. The Balaban J connectivity index is 1.59. The number of hydrogen-bond donors (Lipinski definition) is 1. The third-order valence-corrected chi connectivity index (χ3v) is 4.36. The maximum Gasteiger partial charge on any atom is 0.311 e. The van der Waals surface area contributed by atoms with E-state index in [2.05, 4.69) is 5.32 Å². The van der Waals surface area contributed by atoms with E-state index in [9.17, 15) is 14.4 Å². The number of carbonyl (C=O) groups is 3. The number of rotatable bonds is 8. The second-order valence-electron chi connectivity index (χ2n) is 6.34. The molecule has 1 unspecified atom stereocenters. The first kappa shape index (κ1) is 19.0. The molecule has 2 rings (SSSR count). The summed E-state index contributed by atoms with van der Waals surface area (Å²) in [6.45, 7) is 5.37. The van der Waals surface area contributed by atoms with E-state index in [1.165, 1.54) is 5.56 Å². The van der Waals surface area contributed by atoms with Crippen LogP contribution in [0.4, 0.5) is 0 Å². The van der Waals surface area contributed by atoms with Crippen LogP contribution in [-0.2, 0) is 25.5 Å². The molecular formula is C19H26N2O4. The van der Waals surface area contributed by atoms with Crippen molar-refractivity contribution in [1.29, 1.82) is 0 Å². The molecule has 25 heavy (non-hydrogen) atoms. The third-order valence-electron chi connectivity index (χ3n) is 4.36. The molecule has 0 spiro atoms. The largest absolute Gasteiger partial charge is 0.464 e. The van der Waals surface area contributed by atoms with Crippen LogP contribution in [-0.4, -0.2) is 48.9 Å². The number of nitrogens with zero attached hydrogens (tertiary/aromatic N) is 1. The molecule has 0 radical (unpaired) electrons. The number of ether oxygens (including phenoxy) is 1. The van der Waals surface area contributed by atoms with Crippen molar-refractivity contribution in [3.05, 3.63) is 35.4 Å². The lowest BCUT2D eigenvalue weighted by Crippen LogP contribution is -2.30. The molecule has 136 valence electrons. The highest BCUT2D eigenvalue weighted by Gasteiger charge is 2.34. The minimum absolute atomic E-state index is 0.00569. The summed E-state index contributed by atoms with van der Waals surface area (Å²) < 4.78 is 5.16. The monoisotopic (exact) mass is 346 g/mol. The third kappa shape index (κ3) is 5.89. The van der Waals surface area contributed by atoms with Crippen LogP contribution in [0.3, 0.4) is 0 Å². The van der Waals surface area contributed by atoms with Crippen LogP contribution in [0.1, 0.15) is 30.9 Å². The second-order valence-corrected chi connectivity index (χ2v) is 6.34. The van der Waals surface area contributed by atoms with Crippen LogP contribution in [0.5, 0.6) is 0 Å². The van der Waals surface area contributed by atoms with E-state index < -0.39 is 0 Å². The number of likely N-dealkylation sites (tertiary alicyclic amines) is 1. The molecule has 1 atom stereocenters. The number of carbonyl (C=O) groups excluding carboxylic acids is 3. The van der Waals surface area contributed by atoms with Gasteiger partial charge in [0.2, 0.25) is 11.8 Å². The zero-order valence-electron chi connectivity index (χ0n) is 14.9. The Labute approximate surface area is 148 Å². The highest BCUT2D eigenvalue weighted by molar-refractivity contribution is 5.86. The molecule has 1 fully saturated rings. The first-order valence-corrected chi connectivity index (χ1v) is 8.76. The molecule has 1 aromatic carbocycles. The Morgan fingerprint density at radius 2 is 2.00 bits per heavy atom. The van der Waals surface area contributed by atoms with Gasteiger partial charge in [-0.1, -0.05) is 29.8 Å². The molecule has 1 saturated heterocycles. The molecule has 1 N–H and O–H groups in total. The lowest BCUT2D eigenvalue weighted by Gasteiger charge is -2.13. The molecule has 2 amide bonds. The summed E-state index contributed by atoms with van der Waals surface area (Å²) in [5.41, 5.74) is 2.32. The van der Waals surface area contributed by atoms with E-state index in [0.717, 1.165) is 5.56 Å². The van der Waals surface area contributed by atoms with Gasteiger partial charge in [-0.25, -0.2) is 0 Å². The average molecular weight is 346 g/mol. The molecule has 6 nitrogen and oxygen atoms in total. The Kier molecular flexibility index (Phi) is 6.98. The number of esters is 1. The molecule has 6 heteroatoms. The van der Waals surface area contributed by atoms with Gasteiger partial charge in [0.15, 0.2) is 0 Å². The van der Waals surface area contributed by atoms with Crippen LogP contribution in [0.15, 0.2) is 24.3 Å². The SMILES string of the molecule is CCN1CC(C(=O)OCCNC(=O)CCc2ccc(C)cc2)CC1=O. The minimum atomic E-state index is -0.385. The maximum absolute atomic E-state index is 11.9. The Morgan fingerprint density at radius 1 is 1.28 bits per heavy atom. The average Bonchev–Trinajstić information content (AvgIpc) is 2.99. The fourth-order valence-corrected chi connectivity index (χ4v) is 2.80. The quantitative estimate of drug-likeness (QED) is 0.571. The maximum atomic E-state index is 11.9. The molecule has 0 saturated carbocycles. The fraction of sp³-hybridized carbons (Fsp3) is 0.526. The van der Waals surface area contributed by atoms with Gasteiger partial charge < -0.3 is 15.0 Å². The number of aryl methyl sites for hydroxylation is 2. The van der Waals surface area contributed by atoms with Crippen molar-refractivity contribution in [2.24, 2.45) is 5.92 Å². The highest BCUT2D eigenvalue weighted by Crippen LogP contribution is 2.18. The number of amides is 2. The van der Waals surface area contributed by atoms with Crippen LogP contribution < -0.4 is 5.32 Å².